The van der Waals surface area contributed by atoms with Gasteiger partial charge in [0.25, 0.3) is 0 Å². The van der Waals surface area contributed by atoms with Crippen LogP contribution < -0.4 is 0 Å². The van der Waals surface area contributed by atoms with Crippen molar-refractivity contribution in [3.8, 4) is 0 Å². The van der Waals surface area contributed by atoms with Crippen molar-refractivity contribution in [2.24, 2.45) is 5.92 Å². The zero-order valence-electron chi connectivity index (χ0n) is 7.37. The van der Waals surface area contributed by atoms with E-state index in [1.807, 2.05) is 0 Å². The SMILES string of the molecule is OC(CCc1cscc1Br)C1CC1. The Bertz CT molecular complexity index is 280. The Morgan fingerprint density at radius 1 is 1.54 bits per heavy atom. The second-order valence-electron chi connectivity index (χ2n) is 3.69. The summed E-state index contributed by atoms with van der Waals surface area (Å²) in [6.07, 6.45) is 4.31. The van der Waals surface area contributed by atoms with Crippen LogP contribution >= 0.6 is 27.3 Å². The van der Waals surface area contributed by atoms with Gasteiger partial charge in [-0.1, -0.05) is 0 Å². The molecule has 2 rings (SSSR count). The largest absolute Gasteiger partial charge is 0.393 e. The first kappa shape index (κ1) is 9.69. The molecule has 3 heteroatoms. The van der Waals surface area contributed by atoms with E-state index < -0.39 is 0 Å². The van der Waals surface area contributed by atoms with E-state index >= 15 is 0 Å². The molecule has 0 radical (unpaired) electrons. The van der Waals surface area contributed by atoms with Crippen LogP contribution in [0.25, 0.3) is 0 Å². The number of aliphatic hydroxyl groups excluding tert-OH is 1. The highest BCUT2D eigenvalue weighted by molar-refractivity contribution is 9.10. The molecule has 0 amide bonds. The van der Waals surface area contributed by atoms with Crippen molar-refractivity contribution in [3.63, 3.8) is 0 Å². The lowest BCUT2D eigenvalue weighted by atomic mass is 10.1. The predicted molar refractivity (Wildman–Crippen MR) is 59.1 cm³/mol. The maximum absolute atomic E-state index is 9.67. The van der Waals surface area contributed by atoms with E-state index in [2.05, 4.69) is 26.7 Å². The van der Waals surface area contributed by atoms with Crippen molar-refractivity contribution in [2.45, 2.75) is 31.8 Å². The molecule has 0 aliphatic heterocycles. The molecule has 13 heavy (non-hydrogen) atoms. The zero-order valence-corrected chi connectivity index (χ0v) is 9.77. The van der Waals surface area contributed by atoms with Crippen molar-refractivity contribution < 1.29 is 5.11 Å². The molecule has 1 unspecified atom stereocenters. The molecule has 1 nitrogen and oxygen atoms in total. The van der Waals surface area contributed by atoms with E-state index in [1.165, 1.54) is 22.9 Å². The molecular weight excluding hydrogens is 248 g/mol. The van der Waals surface area contributed by atoms with Crippen LogP contribution in [0, 0.1) is 5.92 Å². The standard InChI is InChI=1S/C10H13BrOS/c11-9-6-13-5-8(9)3-4-10(12)7-1-2-7/h5-7,10,12H,1-4H2. The van der Waals surface area contributed by atoms with Gasteiger partial charge in [-0.15, -0.1) is 0 Å². The van der Waals surface area contributed by atoms with E-state index in [4.69, 9.17) is 0 Å². The van der Waals surface area contributed by atoms with Crippen LogP contribution in [0.4, 0.5) is 0 Å². The van der Waals surface area contributed by atoms with Gasteiger partial charge < -0.3 is 5.11 Å². The quantitative estimate of drug-likeness (QED) is 0.882. The second kappa shape index (κ2) is 4.11. The minimum absolute atomic E-state index is 0.0631. The fourth-order valence-electron chi connectivity index (χ4n) is 1.51. The van der Waals surface area contributed by atoms with Gasteiger partial charge in [0.2, 0.25) is 0 Å². The Morgan fingerprint density at radius 3 is 2.85 bits per heavy atom. The van der Waals surface area contributed by atoms with Crippen LogP contribution in [-0.4, -0.2) is 11.2 Å². The third kappa shape index (κ3) is 2.55. The van der Waals surface area contributed by atoms with E-state index in [0.717, 1.165) is 12.8 Å². The molecule has 1 aromatic rings. The smallest absolute Gasteiger partial charge is 0.0571 e. The maximum atomic E-state index is 9.67. The first-order valence-electron chi connectivity index (χ1n) is 4.66. The van der Waals surface area contributed by atoms with Gasteiger partial charge in [-0.2, -0.15) is 11.3 Å². The third-order valence-corrected chi connectivity index (χ3v) is 4.40. The first-order chi connectivity index (χ1) is 6.27. The molecule has 0 spiro atoms. The predicted octanol–water partition coefficient (Wildman–Crippen LogP) is 3.21. The summed E-state index contributed by atoms with van der Waals surface area (Å²) in [5.41, 5.74) is 1.34. The molecule has 1 aliphatic rings. The first-order valence-corrected chi connectivity index (χ1v) is 6.39. The van der Waals surface area contributed by atoms with E-state index in [1.54, 1.807) is 11.3 Å². The van der Waals surface area contributed by atoms with E-state index in [0.29, 0.717) is 5.92 Å². The van der Waals surface area contributed by atoms with Crippen LogP contribution in [0.3, 0.4) is 0 Å². The van der Waals surface area contributed by atoms with Gasteiger partial charge >= 0.3 is 0 Å². The fraction of sp³-hybridized carbons (Fsp3) is 0.600. The van der Waals surface area contributed by atoms with Gasteiger partial charge in [-0.3, -0.25) is 0 Å². The van der Waals surface area contributed by atoms with Crippen LogP contribution in [0.15, 0.2) is 15.2 Å². The summed E-state index contributed by atoms with van der Waals surface area (Å²) in [6, 6.07) is 0. The minimum atomic E-state index is -0.0631. The molecule has 1 aromatic heterocycles. The average Bonchev–Trinajstić information content (AvgIpc) is 2.88. The lowest BCUT2D eigenvalue weighted by Gasteiger charge is -2.07. The van der Waals surface area contributed by atoms with Crippen molar-refractivity contribution in [2.75, 3.05) is 0 Å². The Kier molecular flexibility index (Phi) is 3.06. The highest BCUT2D eigenvalue weighted by atomic mass is 79.9. The average molecular weight is 261 g/mol. The van der Waals surface area contributed by atoms with Gasteiger partial charge in [0.15, 0.2) is 0 Å². The summed E-state index contributed by atoms with van der Waals surface area (Å²) in [4.78, 5) is 0. The Labute approximate surface area is 90.9 Å². The van der Waals surface area contributed by atoms with Gasteiger partial charge in [-0.05, 0) is 58.5 Å². The Balaban J connectivity index is 1.81. The van der Waals surface area contributed by atoms with Gasteiger partial charge in [-0.25, -0.2) is 0 Å². The van der Waals surface area contributed by atoms with Crippen LogP contribution in [0.1, 0.15) is 24.8 Å². The molecule has 0 bridgehead atoms. The summed E-state index contributed by atoms with van der Waals surface area (Å²) in [7, 11) is 0. The second-order valence-corrected chi connectivity index (χ2v) is 5.29. The number of hydrogen-bond acceptors (Lipinski definition) is 2. The lowest BCUT2D eigenvalue weighted by molar-refractivity contribution is 0.142. The van der Waals surface area contributed by atoms with Gasteiger partial charge in [0.1, 0.15) is 0 Å². The molecule has 0 aromatic carbocycles. The molecule has 1 fully saturated rings. The normalized spacial score (nSPS) is 18.9. The number of rotatable bonds is 4. The number of hydrogen-bond donors (Lipinski definition) is 1. The monoisotopic (exact) mass is 260 g/mol. The highest BCUT2D eigenvalue weighted by Gasteiger charge is 2.29. The summed E-state index contributed by atoms with van der Waals surface area (Å²) in [5.74, 6) is 0.609. The summed E-state index contributed by atoms with van der Waals surface area (Å²) < 4.78 is 1.19. The molecule has 1 atom stereocenters. The van der Waals surface area contributed by atoms with E-state index in [-0.39, 0.29) is 6.10 Å². The van der Waals surface area contributed by atoms with Gasteiger partial charge in [0.05, 0.1) is 6.10 Å². The van der Waals surface area contributed by atoms with Crippen molar-refractivity contribution in [1.82, 2.24) is 0 Å². The topological polar surface area (TPSA) is 20.2 Å². The number of aryl methyl sites for hydroxylation is 1. The molecular formula is C10H13BrOS. The highest BCUT2D eigenvalue weighted by Crippen LogP contribution is 2.35. The number of thiophene rings is 1. The summed E-state index contributed by atoms with van der Waals surface area (Å²) >= 11 is 5.21. The molecule has 1 saturated carbocycles. The van der Waals surface area contributed by atoms with Gasteiger partial charge in [0, 0.05) is 9.85 Å². The zero-order chi connectivity index (χ0) is 9.26. The van der Waals surface area contributed by atoms with Crippen LogP contribution in [0.5, 0.6) is 0 Å². The molecule has 1 N–H and O–H groups in total. The molecule has 72 valence electrons. The fourth-order valence-corrected chi connectivity index (χ4v) is 3.04. The number of halogens is 1. The number of aliphatic hydroxyl groups is 1. The van der Waals surface area contributed by atoms with Crippen LogP contribution in [-0.2, 0) is 6.42 Å². The Morgan fingerprint density at radius 2 is 2.31 bits per heavy atom. The molecule has 0 saturated heterocycles. The minimum Gasteiger partial charge on any atom is -0.393 e. The van der Waals surface area contributed by atoms with Crippen molar-refractivity contribution >= 4 is 27.3 Å². The van der Waals surface area contributed by atoms with E-state index in [9.17, 15) is 5.11 Å². The molecule has 1 aliphatic carbocycles. The van der Waals surface area contributed by atoms with Crippen molar-refractivity contribution in [3.05, 3.63) is 20.8 Å². The molecule has 1 heterocycles. The summed E-state index contributed by atoms with van der Waals surface area (Å²) in [6.45, 7) is 0. The lowest BCUT2D eigenvalue weighted by Crippen LogP contribution is -2.09. The Hall–Kier alpha value is 0.140. The summed E-state index contributed by atoms with van der Waals surface area (Å²) in [5, 5.41) is 13.9. The maximum Gasteiger partial charge on any atom is 0.0571 e. The van der Waals surface area contributed by atoms with Crippen LogP contribution in [0.2, 0.25) is 0 Å². The third-order valence-electron chi connectivity index (χ3n) is 2.56. The van der Waals surface area contributed by atoms with Crippen molar-refractivity contribution in [1.29, 1.82) is 0 Å².